The highest BCUT2D eigenvalue weighted by molar-refractivity contribution is 5.73. The maximum Gasteiger partial charge on any atom is 0.249 e. The average Bonchev–Trinajstić information content (AvgIpc) is 2.03. The van der Waals surface area contributed by atoms with Gasteiger partial charge in [-0.15, -0.1) is 0 Å². The minimum atomic E-state index is -0.218. The van der Waals surface area contributed by atoms with Crippen molar-refractivity contribution >= 4 is 11.0 Å². The van der Waals surface area contributed by atoms with E-state index in [1.54, 1.807) is 12.1 Å². The molecule has 0 unspecified atom stereocenters. The van der Waals surface area contributed by atoms with Crippen LogP contribution in [-0.4, -0.2) is 9.97 Å². The van der Waals surface area contributed by atoms with Crippen molar-refractivity contribution < 1.29 is 0 Å². The molecule has 0 bridgehead atoms. The molecular formula is C8H6N2O2. The van der Waals surface area contributed by atoms with Crippen LogP contribution < -0.4 is 11.1 Å². The largest absolute Gasteiger partial charge is 0.308 e. The number of pyridine rings is 2. The third-order valence-corrected chi connectivity index (χ3v) is 1.61. The van der Waals surface area contributed by atoms with E-state index in [9.17, 15) is 9.59 Å². The minimum absolute atomic E-state index is 0.218. The van der Waals surface area contributed by atoms with Crippen LogP contribution in [0, 0.1) is 0 Å². The fraction of sp³-hybridized carbons (Fsp3) is 0. The van der Waals surface area contributed by atoms with E-state index in [4.69, 9.17) is 0 Å². The zero-order valence-corrected chi connectivity index (χ0v) is 6.13. The summed E-state index contributed by atoms with van der Waals surface area (Å²) in [5.74, 6) is 0. The summed E-state index contributed by atoms with van der Waals surface area (Å²) in [5.41, 5.74) is 0.0312. The van der Waals surface area contributed by atoms with E-state index in [-0.39, 0.29) is 11.1 Å². The summed E-state index contributed by atoms with van der Waals surface area (Å²) in [6, 6.07) is 6.15. The molecule has 0 fully saturated rings. The molecule has 0 saturated carbocycles. The van der Waals surface area contributed by atoms with Gasteiger partial charge >= 0.3 is 0 Å². The number of fused-ring (bicyclic) bond motifs is 1. The Labute approximate surface area is 66.9 Å². The average molecular weight is 162 g/mol. The molecule has 2 rings (SSSR count). The van der Waals surface area contributed by atoms with Crippen LogP contribution in [0.1, 0.15) is 0 Å². The summed E-state index contributed by atoms with van der Waals surface area (Å²) in [6.45, 7) is 0. The van der Waals surface area contributed by atoms with Gasteiger partial charge in [0.15, 0.2) is 0 Å². The summed E-state index contributed by atoms with van der Waals surface area (Å²) < 4.78 is 0. The van der Waals surface area contributed by atoms with E-state index in [1.165, 1.54) is 12.1 Å². The fourth-order valence-electron chi connectivity index (χ4n) is 1.06. The van der Waals surface area contributed by atoms with Gasteiger partial charge in [-0.05, 0) is 12.1 Å². The molecule has 2 aromatic heterocycles. The first-order valence-electron chi connectivity index (χ1n) is 3.48. The maximum absolute atomic E-state index is 10.8. The highest BCUT2D eigenvalue weighted by Gasteiger charge is 1.92. The number of aromatic nitrogens is 2. The lowest BCUT2D eigenvalue weighted by Crippen LogP contribution is -2.09. The van der Waals surface area contributed by atoms with Gasteiger partial charge in [-0.3, -0.25) is 9.59 Å². The van der Waals surface area contributed by atoms with Crippen LogP contribution in [0.5, 0.6) is 0 Å². The monoisotopic (exact) mass is 162 g/mol. The Bertz CT molecular complexity index is 479. The number of rotatable bonds is 0. The van der Waals surface area contributed by atoms with Crippen molar-refractivity contribution in [3.8, 4) is 0 Å². The lowest BCUT2D eigenvalue weighted by Gasteiger charge is -1.93. The summed E-state index contributed by atoms with van der Waals surface area (Å²) >= 11 is 0. The van der Waals surface area contributed by atoms with Gasteiger partial charge in [0.05, 0.1) is 0 Å². The van der Waals surface area contributed by atoms with Gasteiger partial charge in [0.1, 0.15) is 5.65 Å². The van der Waals surface area contributed by atoms with Gasteiger partial charge in [-0.25, -0.2) is 0 Å². The molecule has 0 radical (unpaired) electrons. The highest BCUT2D eigenvalue weighted by Crippen LogP contribution is 2.00. The van der Waals surface area contributed by atoms with Crippen molar-refractivity contribution in [3.05, 3.63) is 45.0 Å². The second-order valence-corrected chi connectivity index (χ2v) is 2.48. The normalized spacial score (nSPS) is 10.3. The smallest absolute Gasteiger partial charge is 0.249 e. The Morgan fingerprint density at radius 1 is 0.833 bits per heavy atom. The van der Waals surface area contributed by atoms with E-state index < -0.39 is 0 Å². The summed E-state index contributed by atoms with van der Waals surface area (Å²) in [6.07, 6.45) is 0. The van der Waals surface area contributed by atoms with Crippen LogP contribution in [0.15, 0.2) is 33.9 Å². The maximum atomic E-state index is 10.8. The number of nitrogens with one attached hydrogen (secondary N) is 2. The van der Waals surface area contributed by atoms with Crippen LogP contribution in [0.3, 0.4) is 0 Å². The lowest BCUT2D eigenvalue weighted by atomic mass is 10.3. The van der Waals surface area contributed by atoms with E-state index in [0.717, 1.165) is 5.39 Å². The molecule has 0 saturated heterocycles. The molecule has 60 valence electrons. The molecule has 0 aliphatic heterocycles. The van der Waals surface area contributed by atoms with Crippen molar-refractivity contribution in [1.29, 1.82) is 0 Å². The van der Waals surface area contributed by atoms with Crippen molar-refractivity contribution in [2.45, 2.75) is 0 Å². The van der Waals surface area contributed by atoms with Crippen LogP contribution >= 0.6 is 0 Å². The quantitative estimate of drug-likeness (QED) is 0.581. The summed E-state index contributed by atoms with van der Waals surface area (Å²) in [7, 11) is 0. The summed E-state index contributed by atoms with van der Waals surface area (Å²) in [5, 5.41) is 0.814. The summed E-state index contributed by atoms with van der Waals surface area (Å²) in [4.78, 5) is 26.7. The molecule has 4 heteroatoms. The Balaban J connectivity index is 2.98. The molecule has 2 heterocycles. The lowest BCUT2D eigenvalue weighted by molar-refractivity contribution is 1.20. The van der Waals surface area contributed by atoms with Crippen LogP contribution in [0.4, 0.5) is 0 Å². The van der Waals surface area contributed by atoms with Crippen molar-refractivity contribution in [3.63, 3.8) is 0 Å². The van der Waals surface area contributed by atoms with Crippen molar-refractivity contribution in [2.24, 2.45) is 0 Å². The molecule has 2 N–H and O–H groups in total. The van der Waals surface area contributed by atoms with Crippen LogP contribution in [0.2, 0.25) is 0 Å². The molecule has 0 aliphatic carbocycles. The number of H-pyrrole nitrogens is 2. The second kappa shape index (κ2) is 2.34. The van der Waals surface area contributed by atoms with Gasteiger partial charge < -0.3 is 9.97 Å². The molecule has 0 amide bonds. The van der Waals surface area contributed by atoms with Gasteiger partial charge in [-0.2, -0.15) is 0 Å². The molecule has 0 aliphatic rings. The second-order valence-electron chi connectivity index (χ2n) is 2.48. The third kappa shape index (κ3) is 1.03. The van der Waals surface area contributed by atoms with E-state index in [2.05, 4.69) is 9.97 Å². The molecule has 2 aromatic rings. The molecule has 0 spiro atoms. The predicted molar refractivity (Wildman–Crippen MR) is 45.2 cm³/mol. The van der Waals surface area contributed by atoms with E-state index in [1.807, 2.05) is 0 Å². The SMILES string of the molecule is O=c1ccc2ccc(=O)[nH]c2[nH]1. The Hall–Kier alpha value is -1.84. The minimum Gasteiger partial charge on any atom is -0.308 e. The Morgan fingerprint density at radius 3 is 1.83 bits per heavy atom. The van der Waals surface area contributed by atoms with Crippen LogP contribution in [0.25, 0.3) is 11.0 Å². The fourth-order valence-corrected chi connectivity index (χ4v) is 1.06. The number of aromatic amines is 2. The first kappa shape index (κ1) is 6.84. The zero-order chi connectivity index (χ0) is 8.55. The molecular weight excluding hydrogens is 156 g/mol. The van der Waals surface area contributed by atoms with Gasteiger partial charge in [0.25, 0.3) is 0 Å². The van der Waals surface area contributed by atoms with Crippen molar-refractivity contribution in [1.82, 2.24) is 9.97 Å². The van der Waals surface area contributed by atoms with E-state index >= 15 is 0 Å². The van der Waals surface area contributed by atoms with Crippen molar-refractivity contribution in [2.75, 3.05) is 0 Å². The third-order valence-electron chi connectivity index (χ3n) is 1.61. The zero-order valence-electron chi connectivity index (χ0n) is 6.13. The van der Waals surface area contributed by atoms with Gasteiger partial charge in [0, 0.05) is 17.5 Å². The molecule has 12 heavy (non-hydrogen) atoms. The standard InChI is InChI=1S/C8H6N2O2/c11-6-3-1-5-2-4-7(12)10-8(5)9-6/h1-4H,(H2,9,10,11,12). The first-order valence-corrected chi connectivity index (χ1v) is 3.48. The topological polar surface area (TPSA) is 65.7 Å². The van der Waals surface area contributed by atoms with Crippen LogP contribution in [-0.2, 0) is 0 Å². The van der Waals surface area contributed by atoms with Gasteiger partial charge in [0.2, 0.25) is 11.1 Å². The molecule has 4 nitrogen and oxygen atoms in total. The Morgan fingerprint density at radius 2 is 1.33 bits per heavy atom. The number of hydrogen-bond acceptors (Lipinski definition) is 2. The number of hydrogen-bond donors (Lipinski definition) is 2. The van der Waals surface area contributed by atoms with Gasteiger partial charge in [-0.1, -0.05) is 0 Å². The highest BCUT2D eigenvalue weighted by atomic mass is 16.1. The molecule has 0 aromatic carbocycles. The predicted octanol–water partition coefficient (Wildman–Crippen LogP) is 0.216. The first-order chi connectivity index (χ1) is 5.75. The Kier molecular flexibility index (Phi) is 1.33. The van der Waals surface area contributed by atoms with E-state index in [0.29, 0.717) is 5.65 Å². The molecule has 0 atom stereocenters.